The molecule has 0 spiro atoms. The van der Waals surface area contributed by atoms with Crippen molar-refractivity contribution < 1.29 is 23.1 Å². The number of hydrogen-bond acceptors (Lipinski definition) is 3. The van der Waals surface area contributed by atoms with Crippen molar-refractivity contribution in [3.63, 3.8) is 0 Å². The van der Waals surface area contributed by atoms with E-state index in [2.05, 4.69) is 5.32 Å². The molecule has 0 aliphatic carbocycles. The standard InChI is InChI=1S/C12H15F3N2O2/c13-12(14,15)9-3-1-2-8(6-9)7-10(18)11(19)17-5-4-16/h1-3,6,10,18H,4-5,7,16H2,(H,17,19). The van der Waals surface area contributed by atoms with E-state index in [4.69, 9.17) is 5.73 Å². The van der Waals surface area contributed by atoms with Crippen molar-refractivity contribution in [3.05, 3.63) is 35.4 Å². The summed E-state index contributed by atoms with van der Waals surface area (Å²) in [5.74, 6) is -0.650. The highest BCUT2D eigenvalue weighted by molar-refractivity contribution is 5.80. The van der Waals surface area contributed by atoms with Gasteiger partial charge in [0.1, 0.15) is 6.10 Å². The van der Waals surface area contributed by atoms with Gasteiger partial charge >= 0.3 is 6.18 Å². The van der Waals surface area contributed by atoms with Gasteiger partial charge < -0.3 is 16.2 Å². The average molecular weight is 276 g/mol. The lowest BCUT2D eigenvalue weighted by atomic mass is 10.0. The fourth-order valence-electron chi connectivity index (χ4n) is 1.50. The van der Waals surface area contributed by atoms with Crippen molar-refractivity contribution in [2.75, 3.05) is 13.1 Å². The normalized spacial score (nSPS) is 13.1. The molecule has 1 rings (SSSR count). The highest BCUT2D eigenvalue weighted by atomic mass is 19.4. The molecule has 4 N–H and O–H groups in total. The summed E-state index contributed by atoms with van der Waals surface area (Å²) < 4.78 is 37.4. The summed E-state index contributed by atoms with van der Waals surface area (Å²) >= 11 is 0. The second kappa shape index (κ2) is 6.53. The number of alkyl halides is 3. The summed E-state index contributed by atoms with van der Waals surface area (Å²) in [5.41, 5.74) is 4.61. The molecule has 106 valence electrons. The fourth-order valence-corrected chi connectivity index (χ4v) is 1.50. The molecule has 7 heteroatoms. The van der Waals surface area contributed by atoms with E-state index in [0.29, 0.717) is 0 Å². The molecular formula is C12H15F3N2O2. The minimum absolute atomic E-state index is 0.180. The third kappa shape index (κ3) is 4.88. The van der Waals surface area contributed by atoms with Gasteiger partial charge in [0.15, 0.2) is 0 Å². The molecule has 0 saturated carbocycles. The Morgan fingerprint density at radius 1 is 1.42 bits per heavy atom. The number of nitrogens with two attached hydrogens (primary N) is 1. The smallest absolute Gasteiger partial charge is 0.383 e. The number of halogens is 3. The van der Waals surface area contributed by atoms with E-state index in [-0.39, 0.29) is 25.1 Å². The summed E-state index contributed by atoms with van der Waals surface area (Å²) in [4.78, 5) is 11.3. The highest BCUT2D eigenvalue weighted by Gasteiger charge is 2.30. The number of aliphatic hydroxyl groups excluding tert-OH is 1. The molecule has 0 bridgehead atoms. The van der Waals surface area contributed by atoms with Gasteiger partial charge in [-0.25, -0.2) is 0 Å². The summed E-state index contributed by atoms with van der Waals surface area (Å²) in [5, 5.41) is 11.9. The first kappa shape index (κ1) is 15.5. The molecule has 0 fully saturated rings. The largest absolute Gasteiger partial charge is 0.416 e. The Kier molecular flexibility index (Phi) is 5.31. The Morgan fingerprint density at radius 3 is 2.68 bits per heavy atom. The van der Waals surface area contributed by atoms with Crippen LogP contribution >= 0.6 is 0 Å². The summed E-state index contributed by atoms with van der Waals surface area (Å²) in [7, 11) is 0. The van der Waals surface area contributed by atoms with E-state index in [1.54, 1.807) is 0 Å². The lowest BCUT2D eigenvalue weighted by molar-refractivity contribution is -0.137. The highest BCUT2D eigenvalue weighted by Crippen LogP contribution is 2.29. The van der Waals surface area contributed by atoms with Crippen LogP contribution in [-0.4, -0.2) is 30.2 Å². The van der Waals surface area contributed by atoms with Crippen LogP contribution < -0.4 is 11.1 Å². The van der Waals surface area contributed by atoms with Gasteiger partial charge in [0.2, 0.25) is 5.91 Å². The quantitative estimate of drug-likeness (QED) is 0.740. The number of carbonyl (C=O) groups excluding carboxylic acids is 1. The number of hydrogen-bond donors (Lipinski definition) is 3. The van der Waals surface area contributed by atoms with E-state index in [1.807, 2.05) is 0 Å². The second-order valence-corrected chi connectivity index (χ2v) is 4.00. The lowest BCUT2D eigenvalue weighted by Crippen LogP contribution is -2.38. The van der Waals surface area contributed by atoms with Gasteiger partial charge in [0.05, 0.1) is 5.56 Å². The third-order valence-corrected chi connectivity index (χ3v) is 2.43. The average Bonchev–Trinajstić information content (AvgIpc) is 2.35. The van der Waals surface area contributed by atoms with Gasteiger partial charge in [0.25, 0.3) is 0 Å². The van der Waals surface area contributed by atoms with Gasteiger partial charge in [-0.3, -0.25) is 4.79 Å². The van der Waals surface area contributed by atoms with Crippen molar-refractivity contribution in [1.29, 1.82) is 0 Å². The van der Waals surface area contributed by atoms with E-state index in [1.165, 1.54) is 12.1 Å². The van der Waals surface area contributed by atoms with Gasteiger partial charge in [0, 0.05) is 19.5 Å². The molecule has 0 aromatic heterocycles. The Bertz CT molecular complexity index is 435. The maximum Gasteiger partial charge on any atom is 0.416 e. The van der Waals surface area contributed by atoms with E-state index >= 15 is 0 Å². The Labute approximate surface area is 108 Å². The van der Waals surface area contributed by atoms with Crippen LogP contribution in [0.15, 0.2) is 24.3 Å². The number of carbonyl (C=O) groups is 1. The number of aliphatic hydroxyl groups is 1. The van der Waals surface area contributed by atoms with Crippen LogP contribution in [0.3, 0.4) is 0 Å². The molecule has 1 atom stereocenters. The zero-order valence-electron chi connectivity index (χ0n) is 10.1. The first-order valence-corrected chi connectivity index (χ1v) is 5.66. The van der Waals surface area contributed by atoms with Crippen LogP contribution in [0.5, 0.6) is 0 Å². The lowest BCUT2D eigenvalue weighted by Gasteiger charge is -2.12. The van der Waals surface area contributed by atoms with Crippen LogP contribution in [0.1, 0.15) is 11.1 Å². The predicted octanol–water partition coefficient (Wildman–Crippen LogP) is 0.684. The molecule has 0 saturated heterocycles. The number of benzene rings is 1. The minimum Gasteiger partial charge on any atom is -0.383 e. The Morgan fingerprint density at radius 2 is 2.11 bits per heavy atom. The van der Waals surface area contributed by atoms with Crippen LogP contribution in [0.2, 0.25) is 0 Å². The molecule has 0 aliphatic rings. The van der Waals surface area contributed by atoms with Crippen molar-refractivity contribution in [2.24, 2.45) is 5.73 Å². The monoisotopic (exact) mass is 276 g/mol. The zero-order chi connectivity index (χ0) is 14.5. The molecule has 1 aromatic carbocycles. The predicted molar refractivity (Wildman–Crippen MR) is 63.2 cm³/mol. The van der Waals surface area contributed by atoms with Crippen molar-refractivity contribution in [2.45, 2.75) is 18.7 Å². The van der Waals surface area contributed by atoms with Gasteiger partial charge in [-0.15, -0.1) is 0 Å². The molecule has 1 unspecified atom stereocenters. The molecule has 0 heterocycles. The van der Waals surface area contributed by atoms with Crippen molar-refractivity contribution in [1.82, 2.24) is 5.32 Å². The number of nitrogens with one attached hydrogen (secondary N) is 1. The molecular weight excluding hydrogens is 261 g/mol. The van der Waals surface area contributed by atoms with Crippen LogP contribution in [-0.2, 0) is 17.4 Å². The second-order valence-electron chi connectivity index (χ2n) is 4.00. The Balaban J connectivity index is 2.69. The Hall–Kier alpha value is -1.60. The minimum atomic E-state index is -4.44. The topological polar surface area (TPSA) is 75.3 Å². The van der Waals surface area contributed by atoms with Gasteiger partial charge in [-0.1, -0.05) is 18.2 Å². The van der Waals surface area contributed by atoms with Gasteiger partial charge in [-0.2, -0.15) is 13.2 Å². The maximum absolute atomic E-state index is 12.5. The summed E-state index contributed by atoms with van der Waals surface area (Å²) in [6, 6.07) is 4.52. The molecule has 1 aromatic rings. The van der Waals surface area contributed by atoms with E-state index < -0.39 is 23.8 Å². The maximum atomic E-state index is 12.5. The molecule has 19 heavy (non-hydrogen) atoms. The van der Waals surface area contributed by atoms with Crippen molar-refractivity contribution in [3.8, 4) is 0 Å². The van der Waals surface area contributed by atoms with Crippen molar-refractivity contribution >= 4 is 5.91 Å². The van der Waals surface area contributed by atoms with E-state index in [9.17, 15) is 23.1 Å². The number of amides is 1. The van der Waals surface area contributed by atoms with Crippen LogP contribution in [0, 0.1) is 0 Å². The summed E-state index contributed by atoms with van der Waals surface area (Å²) in [6.45, 7) is 0.431. The van der Waals surface area contributed by atoms with Gasteiger partial charge in [-0.05, 0) is 11.6 Å². The van der Waals surface area contributed by atoms with Crippen LogP contribution in [0.25, 0.3) is 0 Å². The zero-order valence-corrected chi connectivity index (χ0v) is 10.1. The summed E-state index contributed by atoms with van der Waals surface area (Å²) in [6.07, 6.45) is -6.02. The fraction of sp³-hybridized carbons (Fsp3) is 0.417. The molecule has 0 aliphatic heterocycles. The first-order chi connectivity index (χ1) is 8.84. The third-order valence-electron chi connectivity index (χ3n) is 2.43. The SMILES string of the molecule is NCCNC(=O)C(O)Cc1cccc(C(F)(F)F)c1. The molecule has 1 amide bonds. The number of rotatable bonds is 5. The van der Waals surface area contributed by atoms with E-state index in [0.717, 1.165) is 12.1 Å². The van der Waals surface area contributed by atoms with Crippen LogP contribution in [0.4, 0.5) is 13.2 Å². The first-order valence-electron chi connectivity index (χ1n) is 5.66. The molecule has 4 nitrogen and oxygen atoms in total. The molecule has 0 radical (unpaired) electrons.